The highest BCUT2D eigenvalue weighted by Gasteiger charge is 2.44. The fourth-order valence-electron chi connectivity index (χ4n) is 9.52. The molecule has 7 aromatic carbocycles. The number of nitrogens with zero attached hydrogens (tertiary/aromatic N) is 3. The second-order valence-corrected chi connectivity index (χ2v) is 18.3. The lowest BCUT2D eigenvalue weighted by molar-refractivity contribution is 0.590. The standard InChI is InChI=1S/C56H50BN3/c1-8-9-24-50-53(38-28-32-43(33-29-38)58-47-34-30-39(55(2,3)4)36-44(47)45-37-40(56(5,6)7)31-35-48(45)58)57-46-23-16-17-25-49(46)59(41-19-12-10-13-20-41)51-26-18-27-52(54(51)57)60(50)42-21-14-11-15-22-42/h8-37H,1H2,2-7H3/b24-9-. The van der Waals surface area contributed by atoms with Gasteiger partial charge in [-0.05, 0) is 129 Å². The number of benzene rings is 7. The first-order chi connectivity index (χ1) is 29.0. The molecular formula is C56H50BN3. The molecule has 10 rings (SSSR count). The van der Waals surface area contributed by atoms with Crippen molar-refractivity contribution in [3.8, 4) is 5.69 Å². The largest absolute Gasteiger partial charge is 0.311 e. The van der Waals surface area contributed by atoms with Crippen molar-refractivity contribution >= 4 is 73.4 Å². The lowest BCUT2D eigenvalue weighted by atomic mass is 9.32. The van der Waals surface area contributed by atoms with Gasteiger partial charge in [0.25, 0.3) is 6.71 Å². The second-order valence-electron chi connectivity index (χ2n) is 18.3. The van der Waals surface area contributed by atoms with Crippen LogP contribution in [0.2, 0.25) is 0 Å². The first-order valence-corrected chi connectivity index (χ1v) is 21.2. The molecule has 292 valence electrons. The number of hydrogen-bond donors (Lipinski definition) is 0. The Balaban J connectivity index is 1.22. The lowest BCUT2D eigenvalue weighted by Gasteiger charge is -2.44. The van der Waals surface area contributed by atoms with Gasteiger partial charge in [-0.2, -0.15) is 0 Å². The molecule has 0 saturated heterocycles. The van der Waals surface area contributed by atoms with Crippen molar-refractivity contribution < 1.29 is 0 Å². The van der Waals surface area contributed by atoms with E-state index in [1.807, 2.05) is 6.08 Å². The summed E-state index contributed by atoms with van der Waals surface area (Å²) in [6.45, 7) is 17.9. The lowest BCUT2D eigenvalue weighted by Crippen LogP contribution is -2.55. The molecule has 0 radical (unpaired) electrons. The summed E-state index contributed by atoms with van der Waals surface area (Å²) in [6, 6.07) is 60.8. The van der Waals surface area contributed by atoms with Crippen LogP contribution in [0, 0.1) is 0 Å². The third-order valence-electron chi connectivity index (χ3n) is 12.5. The number of para-hydroxylation sites is 3. The van der Waals surface area contributed by atoms with E-state index in [2.05, 4.69) is 238 Å². The van der Waals surface area contributed by atoms with E-state index in [9.17, 15) is 0 Å². The number of fused-ring (bicyclic) bond motifs is 5. The Labute approximate surface area is 355 Å². The van der Waals surface area contributed by atoms with Crippen LogP contribution in [-0.2, 0) is 10.8 Å². The van der Waals surface area contributed by atoms with E-state index in [-0.39, 0.29) is 17.5 Å². The zero-order valence-corrected chi connectivity index (χ0v) is 35.4. The molecule has 0 N–H and O–H groups in total. The van der Waals surface area contributed by atoms with Crippen LogP contribution in [0.3, 0.4) is 0 Å². The Bertz CT molecular complexity index is 2940. The molecule has 8 aromatic rings. The van der Waals surface area contributed by atoms with E-state index in [4.69, 9.17) is 0 Å². The summed E-state index contributed by atoms with van der Waals surface area (Å²) < 4.78 is 2.46. The van der Waals surface area contributed by atoms with Gasteiger partial charge in [0.05, 0.1) is 11.0 Å². The van der Waals surface area contributed by atoms with Crippen LogP contribution in [0.4, 0.5) is 28.4 Å². The predicted molar refractivity (Wildman–Crippen MR) is 259 cm³/mol. The molecule has 0 amide bonds. The van der Waals surface area contributed by atoms with Crippen molar-refractivity contribution in [2.24, 2.45) is 0 Å². The van der Waals surface area contributed by atoms with E-state index in [0.717, 1.165) is 22.8 Å². The Morgan fingerprint density at radius 2 is 1.02 bits per heavy atom. The maximum Gasteiger partial charge on any atom is 0.252 e. The average molecular weight is 776 g/mol. The van der Waals surface area contributed by atoms with Gasteiger partial charge in [0.1, 0.15) is 0 Å². The molecule has 1 aromatic heterocycles. The minimum Gasteiger partial charge on any atom is -0.311 e. The molecule has 0 atom stereocenters. The first-order valence-electron chi connectivity index (χ1n) is 21.2. The van der Waals surface area contributed by atoms with E-state index >= 15 is 0 Å². The van der Waals surface area contributed by atoms with Crippen molar-refractivity contribution in [2.75, 3.05) is 9.80 Å². The van der Waals surface area contributed by atoms with Crippen LogP contribution in [0.15, 0.2) is 194 Å². The number of allylic oxidation sites excluding steroid dienone is 3. The normalized spacial score (nSPS) is 14.0. The fraction of sp³-hybridized carbons (Fsp3) is 0.143. The molecule has 0 aliphatic carbocycles. The minimum atomic E-state index is -0.0254. The Morgan fingerprint density at radius 3 is 1.58 bits per heavy atom. The van der Waals surface area contributed by atoms with Gasteiger partial charge in [0.15, 0.2) is 0 Å². The van der Waals surface area contributed by atoms with Crippen molar-refractivity contribution in [3.05, 3.63) is 211 Å². The summed E-state index contributed by atoms with van der Waals surface area (Å²) >= 11 is 0. The number of anilines is 5. The molecule has 0 bridgehead atoms. The molecule has 0 spiro atoms. The summed E-state index contributed by atoms with van der Waals surface area (Å²) in [4.78, 5) is 4.89. The zero-order valence-electron chi connectivity index (χ0n) is 35.4. The Kier molecular flexibility index (Phi) is 8.88. The quantitative estimate of drug-likeness (QED) is 0.123. The molecule has 0 fully saturated rings. The Hall–Kier alpha value is -6.78. The number of hydrogen-bond acceptors (Lipinski definition) is 2. The van der Waals surface area contributed by atoms with E-state index in [1.54, 1.807) is 0 Å². The fourth-order valence-corrected chi connectivity index (χ4v) is 9.52. The maximum atomic E-state index is 4.12. The SMILES string of the molecule is C=C/C=C\C1=C(c2ccc(-n3c4ccc(C(C)(C)C)cc4c4cc(C(C)(C)C)ccc43)cc2)B2c3ccccc3N(c3ccccc3)c3cccc(c32)N1c1ccccc1. The molecule has 60 heavy (non-hydrogen) atoms. The molecule has 3 heterocycles. The van der Waals surface area contributed by atoms with Gasteiger partial charge in [-0.25, -0.2) is 0 Å². The monoisotopic (exact) mass is 775 g/mol. The topological polar surface area (TPSA) is 11.4 Å². The van der Waals surface area contributed by atoms with Crippen LogP contribution in [0.1, 0.15) is 58.2 Å². The molecule has 3 nitrogen and oxygen atoms in total. The van der Waals surface area contributed by atoms with Crippen molar-refractivity contribution in [1.82, 2.24) is 4.57 Å². The van der Waals surface area contributed by atoms with Gasteiger partial charge < -0.3 is 14.4 Å². The predicted octanol–water partition coefficient (Wildman–Crippen LogP) is 13.6. The highest BCUT2D eigenvalue weighted by molar-refractivity contribution is 7.03. The summed E-state index contributed by atoms with van der Waals surface area (Å²) in [5.74, 6) is 0. The van der Waals surface area contributed by atoms with Gasteiger partial charge in [-0.15, -0.1) is 0 Å². The third-order valence-corrected chi connectivity index (χ3v) is 12.5. The smallest absolute Gasteiger partial charge is 0.252 e. The molecule has 0 unspecified atom stereocenters. The van der Waals surface area contributed by atoms with Crippen LogP contribution in [0.5, 0.6) is 0 Å². The Morgan fingerprint density at radius 1 is 0.500 bits per heavy atom. The molecule has 4 heteroatoms. The minimum absolute atomic E-state index is 0.0254. The van der Waals surface area contributed by atoms with Crippen LogP contribution in [-0.4, -0.2) is 11.3 Å². The van der Waals surface area contributed by atoms with E-state index in [0.29, 0.717) is 0 Å². The molecule has 0 saturated carbocycles. The molecule has 2 aliphatic rings. The van der Waals surface area contributed by atoms with Crippen molar-refractivity contribution in [1.29, 1.82) is 0 Å². The van der Waals surface area contributed by atoms with Gasteiger partial charge in [-0.1, -0.05) is 145 Å². The van der Waals surface area contributed by atoms with Gasteiger partial charge in [-0.3, -0.25) is 0 Å². The van der Waals surface area contributed by atoms with Crippen LogP contribution >= 0.6 is 0 Å². The summed E-state index contributed by atoms with van der Waals surface area (Å²) in [7, 11) is 0. The second kappa shape index (κ2) is 14.2. The van der Waals surface area contributed by atoms with E-state index in [1.165, 1.54) is 72.0 Å². The maximum absolute atomic E-state index is 4.12. The third kappa shape index (κ3) is 6.04. The summed E-state index contributed by atoms with van der Waals surface area (Å²) in [5.41, 5.74) is 18.3. The highest BCUT2D eigenvalue weighted by Crippen LogP contribution is 2.47. The molecular weight excluding hydrogens is 725 g/mol. The van der Waals surface area contributed by atoms with Gasteiger partial charge >= 0.3 is 0 Å². The summed E-state index contributed by atoms with van der Waals surface area (Å²) in [5, 5.41) is 2.59. The average Bonchev–Trinajstić information content (AvgIpc) is 3.59. The van der Waals surface area contributed by atoms with E-state index < -0.39 is 0 Å². The van der Waals surface area contributed by atoms with Crippen LogP contribution in [0.25, 0.3) is 33.0 Å². The highest BCUT2D eigenvalue weighted by atomic mass is 15.2. The number of rotatable bonds is 6. The van der Waals surface area contributed by atoms with Crippen molar-refractivity contribution in [2.45, 2.75) is 52.4 Å². The van der Waals surface area contributed by atoms with Crippen LogP contribution < -0.4 is 20.7 Å². The van der Waals surface area contributed by atoms with Crippen molar-refractivity contribution in [3.63, 3.8) is 0 Å². The first kappa shape index (κ1) is 37.5. The van der Waals surface area contributed by atoms with Gasteiger partial charge in [0.2, 0.25) is 0 Å². The van der Waals surface area contributed by atoms with Gasteiger partial charge in [0, 0.05) is 50.6 Å². The molecule has 2 aliphatic heterocycles. The zero-order chi connectivity index (χ0) is 41.3. The number of aromatic nitrogens is 1. The summed E-state index contributed by atoms with van der Waals surface area (Å²) in [6.07, 6.45) is 6.21.